The Labute approximate surface area is 156 Å². The number of aryl methyl sites for hydroxylation is 1. The molecule has 1 heterocycles. The van der Waals surface area contributed by atoms with Crippen LogP contribution in [0.3, 0.4) is 0 Å². The number of hydrogen-bond donors (Lipinski definition) is 1. The number of likely N-dealkylation sites (N-methyl/N-ethyl adjacent to an activating group) is 1. The fourth-order valence-corrected chi connectivity index (χ4v) is 3.18. The van der Waals surface area contributed by atoms with Gasteiger partial charge in [0, 0.05) is 44.5 Å². The van der Waals surface area contributed by atoms with Gasteiger partial charge >= 0.3 is 6.03 Å². The third-order valence-electron chi connectivity index (χ3n) is 4.86. The van der Waals surface area contributed by atoms with Crippen LogP contribution >= 0.6 is 0 Å². The van der Waals surface area contributed by atoms with Gasteiger partial charge in [-0.25, -0.2) is 4.79 Å². The number of anilines is 1. The number of ether oxygens (including phenoxy) is 1. The predicted octanol–water partition coefficient (Wildman–Crippen LogP) is 3.51. The Balaban J connectivity index is 1.98. The van der Waals surface area contributed by atoms with E-state index in [-0.39, 0.29) is 18.0 Å². The summed E-state index contributed by atoms with van der Waals surface area (Å²) in [6, 6.07) is 5.24. The molecule has 1 saturated heterocycles. The normalized spacial score (nSPS) is 16.8. The molecule has 6 heteroatoms. The zero-order valence-electron chi connectivity index (χ0n) is 16.4. The summed E-state index contributed by atoms with van der Waals surface area (Å²) < 4.78 is 5.69. The highest BCUT2D eigenvalue weighted by Crippen LogP contribution is 2.19. The molecule has 1 atom stereocenters. The number of urea groups is 1. The second-order valence-electron chi connectivity index (χ2n) is 6.81. The third-order valence-corrected chi connectivity index (χ3v) is 4.86. The summed E-state index contributed by atoms with van der Waals surface area (Å²) in [5.41, 5.74) is 2.24. The van der Waals surface area contributed by atoms with Crippen LogP contribution in [0.2, 0.25) is 0 Å². The Morgan fingerprint density at radius 2 is 1.96 bits per heavy atom. The van der Waals surface area contributed by atoms with Gasteiger partial charge in [0.1, 0.15) is 0 Å². The second-order valence-corrected chi connectivity index (χ2v) is 6.81. The second kappa shape index (κ2) is 9.57. The van der Waals surface area contributed by atoms with Gasteiger partial charge in [-0.3, -0.25) is 4.79 Å². The smallest absolute Gasteiger partial charge is 0.321 e. The first kappa shape index (κ1) is 20.2. The Bertz CT molecular complexity index is 623. The summed E-state index contributed by atoms with van der Waals surface area (Å²) in [5, 5.41) is 2.93. The molecular formula is C20H31N3O3. The number of benzene rings is 1. The van der Waals surface area contributed by atoms with Gasteiger partial charge in [0.25, 0.3) is 5.91 Å². The van der Waals surface area contributed by atoms with Crippen LogP contribution in [0.5, 0.6) is 0 Å². The Hall–Kier alpha value is -2.08. The van der Waals surface area contributed by atoms with Gasteiger partial charge in [0.15, 0.2) is 0 Å². The Morgan fingerprint density at radius 1 is 1.23 bits per heavy atom. The summed E-state index contributed by atoms with van der Waals surface area (Å²) in [5.74, 6) is 0.0162. The fourth-order valence-electron chi connectivity index (χ4n) is 3.18. The molecule has 1 fully saturated rings. The predicted molar refractivity (Wildman–Crippen MR) is 104 cm³/mol. The van der Waals surface area contributed by atoms with Crippen molar-refractivity contribution in [3.05, 3.63) is 29.3 Å². The summed E-state index contributed by atoms with van der Waals surface area (Å²) in [6.07, 6.45) is 3.37. The van der Waals surface area contributed by atoms with E-state index in [1.807, 2.05) is 26.8 Å². The van der Waals surface area contributed by atoms with Crippen molar-refractivity contribution in [2.45, 2.75) is 46.1 Å². The molecule has 1 aromatic rings. The van der Waals surface area contributed by atoms with Gasteiger partial charge in [0.05, 0.1) is 6.10 Å². The summed E-state index contributed by atoms with van der Waals surface area (Å²) >= 11 is 0. The first-order valence-corrected chi connectivity index (χ1v) is 9.49. The molecule has 0 saturated carbocycles. The molecule has 1 N–H and O–H groups in total. The molecular weight excluding hydrogens is 330 g/mol. The minimum Gasteiger partial charge on any atom is -0.376 e. The van der Waals surface area contributed by atoms with Gasteiger partial charge < -0.3 is 19.9 Å². The Kier molecular flexibility index (Phi) is 7.45. The zero-order valence-corrected chi connectivity index (χ0v) is 16.4. The van der Waals surface area contributed by atoms with E-state index >= 15 is 0 Å². The van der Waals surface area contributed by atoms with Crippen LogP contribution in [-0.2, 0) is 4.74 Å². The number of hydrogen-bond acceptors (Lipinski definition) is 3. The molecule has 0 radical (unpaired) electrons. The number of carbonyl (C=O) groups is 2. The molecule has 0 aromatic heterocycles. The van der Waals surface area contributed by atoms with Crippen LogP contribution in [0.25, 0.3) is 0 Å². The first-order valence-electron chi connectivity index (χ1n) is 9.49. The van der Waals surface area contributed by atoms with Crippen LogP contribution in [0.1, 0.15) is 49.0 Å². The number of amides is 3. The minimum atomic E-state index is -0.162. The van der Waals surface area contributed by atoms with Crippen molar-refractivity contribution in [2.24, 2.45) is 0 Å². The summed E-state index contributed by atoms with van der Waals surface area (Å²) in [7, 11) is 1.78. The van der Waals surface area contributed by atoms with Crippen molar-refractivity contribution in [2.75, 3.05) is 38.6 Å². The minimum absolute atomic E-state index is 0.0162. The van der Waals surface area contributed by atoms with Gasteiger partial charge in [0.2, 0.25) is 0 Å². The molecule has 1 aliphatic heterocycles. The maximum atomic E-state index is 12.4. The van der Waals surface area contributed by atoms with Crippen molar-refractivity contribution in [3.63, 3.8) is 0 Å². The lowest BCUT2D eigenvalue weighted by molar-refractivity contribution is 0.00463. The van der Waals surface area contributed by atoms with E-state index in [1.54, 1.807) is 29.0 Å². The van der Waals surface area contributed by atoms with Crippen LogP contribution in [0, 0.1) is 6.92 Å². The number of nitrogens with one attached hydrogen (secondary N) is 1. The van der Waals surface area contributed by atoms with Crippen LogP contribution in [-0.4, -0.2) is 61.1 Å². The van der Waals surface area contributed by atoms with E-state index in [9.17, 15) is 9.59 Å². The lowest BCUT2D eigenvalue weighted by Gasteiger charge is -2.27. The van der Waals surface area contributed by atoms with E-state index in [1.165, 1.54) is 0 Å². The fraction of sp³-hybridized carbons (Fsp3) is 0.600. The number of nitrogens with zero attached hydrogens (tertiary/aromatic N) is 2. The number of carbonyl (C=O) groups excluding carboxylic acids is 2. The lowest BCUT2D eigenvalue weighted by atomic mass is 10.1. The van der Waals surface area contributed by atoms with E-state index in [0.717, 1.165) is 37.1 Å². The monoisotopic (exact) mass is 361 g/mol. The molecule has 0 bridgehead atoms. The molecule has 2 rings (SSSR count). The largest absolute Gasteiger partial charge is 0.376 e. The Morgan fingerprint density at radius 3 is 2.54 bits per heavy atom. The highest BCUT2D eigenvalue weighted by atomic mass is 16.5. The van der Waals surface area contributed by atoms with Crippen molar-refractivity contribution in [3.8, 4) is 0 Å². The van der Waals surface area contributed by atoms with Crippen molar-refractivity contribution >= 4 is 17.6 Å². The number of rotatable bonds is 6. The zero-order chi connectivity index (χ0) is 19.1. The topological polar surface area (TPSA) is 61.9 Å². The molecule has 0 spiro atoms. The third kappa shape index (κ3) is 5.21. The standard InChI is InChI=1S/C20H31N3O3/c1-5-23(6-2)19(24)16-10-11-18(15(3)13-16)21-20(25)22(4)14-17-9-7-8-12-26-17/h10-11,13,17H,5-9,12,14H2,1-4H3,(H,21,25)/t17-/m1/s1. The maximum absolute atomic E-state index is 12.4. The van der Waals surface area contributed by atoms with Gasteiger partial charge in [-0.1, -0.05) is 0 Å². The van der Waals surface area contributed by atoms with Crippen LogP contribution in [0.4, 0.5) is 10.5 Å². The van der Waals surface area contributed by atoms with E-state index in [2.05, 4.69) is 5.32 Å². The maximum Gasteiger partial charge on any atom is 0.321 e. The SMILES string of the molecule is CCN(CC)C(=O)c1ccc(NC(=O)N(C)C[C@H]2CCCCO2)c(C)c1. The summed E-state index contributed by atoms with van der Waals surface area (Å²) in [4.78, 5) is 28.3. The van der Waals surface area contributed by atoms with Crippen molar-refractivity contribution < 1.29 is 14.3 Å². The van der Waals surface area contributed by atoms with Gasteiger partial charge in [-0.2, -0.15) is 0 Å². The van der Waals surface area contributed by atoms with E-state index < -0.39 is 0 Å². The molecule has 144 valence electrons. The van der Waals surface area contributed by atoms with Crippen LogP contribution < -0.4 is 5.32 Å². The van der Waals surface area contributed by atoms with Crippen molar-refractivity contribution in [1.29, 1.82) is 0 Å². The molecule has 0 aliphatic carbocycles. The molecule has 6 nitrogen and oxygen atoms in total. The van der Waals surface area contributed by atoms with Crippen LogP contribution in [0.15, 0.2) is 18.2 Å². The quantitative estimate of drug-likeness (QED) is 0.843. The molecule has 26 heavy (non-hydrogen) atoms. The lowest BCUT2D eigenvalue weighted by Crippen LogP contribution is -2.39. The average Bonchev–Trinajstić information content (AvgIpc) is 2.65. The summed E-state index contributed by atoms with van der Waals surface area (Å²) in [6.45, 7) is 8.56. The molecule has 0 unspecified atom stereocenters. The van der Waals surface area contributed by atoms with E-state index in [4.69, 9.17) is 4.74 Å². The molecule has 1 aromatic carbocycles. The molecule has 1 aliphatic rings. The van der Waals surface area contributed by atoms with Crippen molar-refractivity contribution in [1.82, 2.24) is 9.80 Å². The molecule has 3 amide bonds. The van der Waals surface area contributed by atoms with Gasteiger partial charge in [-0.05, 0) is 63.8 Å². The van der Waals surface area contributed by atoms with E-state index in [0.29, 0.717) is 25.2 Å². The highest BCUT2D eigenvalue weighted by molar-refractivity contribution is 5.96. The first-order chi connectivity index (χ1) is 12.5. The average molecular weight is 361 g/mol. The highest BCUT2D eigenvalue weighted by Gasteiger charge is 2.19. The van der Waals surface area contributed by atoms with Gasteiger partial charge in [-0.15, -0.1) is 0 Å².